The average molecular weight is 263 g/mol. The molecule has 0 aromatic carbocycles. The smallest absolute Gasteiger partial charge is 0.225 e. The molecule has 0 radical (unpaired) electrons. The molecule has 2 saturated heterocycles. The molecule has 4 nitrogen and oxygen atoms in total. The van der Waals surface area contributed by atoms with E-state index in [-0.39, 0.29) is 24.4 Å². The number of amides is 1. The Kier molecular flexibility index (Phi) is 6.23. The molecule has 0 aromatic heterocycles. The van der Waals surface area contributed by atoms with E-state index < -0.39 is 0 Å². The van der Waals surface area contributed by atoms with E-state index in [1.165, 1.54) is 12.8 Å². The second kappa shape index (κ2) is 7.19. The van der Waals surface area contributed by atoms with Crippen molar-refractivity contribution in [2.75, 3.05) is 32.8 Å². The number of hydrogen-bond donors (Lipinski definition) is 1. The first-order valence-corrected chi connectivity index (χ1v) is 6.39. The summed E-state index contributed by atoms with van der Waals surface area (Å²) in [6, 6.07) is 0. The van der Waals surface area contributed by atoms with Crippen LogP contribution in [0.15, 0.2) is 0 Å². The highest BCUT2D eigenvalue weighted by Crippen LogP contribution is 2.20. The maximum absolute atomic E-state index is 12.0. The molecule has 0 saturated carbocycles. The monoisotopic (exact) mass is 262 g/mol. The lowest BCUT2D eigenvalue weighted by Gasteiger charge is -2.25. The summed E-state index contributed by atoms with van der Waals surface area (Å²) in [4.78, 5) is 14.0. The maximum atomic E-state index is 12.0. The van der Waals surface area contributed by atoms with Gasteiger partial charge in [-0.3, -0.25) is 4.79 Å². The molecule has 0 aliphatic carbocycles. The van der Waals surface area contributed by atoms with Crippen LogP contribution in [-0.4, -0.2) is 49.7 Å². The normalized spacial score (nSPS) is 28.9. The maximum Gasteiger partial charge on any atom is 0.225 e. The van der Waals surface area contributed by atoms with Crippen LogP contribution < -0.4 is 5.32 Å². The van der Waals surface area contributed by atoms with Crippen LogP contribution in [-0.2, 0) is 9.53 Å². The number of nitrogens with one attached hydrogen (secondary N) is 1. The van der Waals surface area contributed by atoms with E-state index in [0.29, 0.717) is 12.3 Å². The molecule has 2 heterocycles. The van der Waals surface area contributed by atoms with Gasteiger partial charge in [-0.1, -0.05) is 13.3 Å². The van der Waals surface area contributed by atoms with Crippen molar-refractivity contribution in [1.82, 2.24) is 10.2 Å². The van der Waals surface area contributed by atoms with Gasteiger partial charge in [-0.25, -0.2) is 0 Å². The topological polar surface area (TPSA) is 41.6 Å². The van der Waals surface area contributed by atoms with E-state index in [9.17, 15) is 4.79 Å². The molecule has 17 heavy (non-hydrogen) atoms. The Labute approximate surface area is 109 Å². The molecule has 2 unspecified atom stereocenters. The summed E-state index contributed by atoms with van der Waals surface area (Å²) in [7, 11) is 0. The Balaban J connectivity index is 0.00000144. The van der Waals surface area contributed by atoms with Crippen LogP contribution in [0.2, 0.25) is 0 Å². The third-order valence-corrected chi connectivity index (χ3v) is 3.62. The lowest BCUT2D eigenvalue weighted by atomic mass is 10.1. The first-order valence-electron chi connectivity index (χ1n) is 6.39. The summed E-state index contributed by atoms with van der Waals surface area (Å²) >= 11 is 0. The Hall–Kier alpha value is -0.320. The summed E-state index contributed by atoms with van der Waals surface area (Å²) in [5.41, 5.74) is 0. The minimum Gasteiger partial charge on any atom is -0.375 e. The fourth-order valence-electron chi connectivity index (χ4n) is 2.47. The first kappa shape index (κ1) is 14.7. The lowest BCUT2D eigenvalue weighted by molar-refractivity contribution is -0.133. The van der Waals surface area contributed by atoms with E-state index in [4.69, 9.17) is 4.74 Å². The van der Waals surface area contributed by atoms with E-state index in [0.717, 1.165) is 32.8 Å². The van der Waals surface area contributed by atoms with E-state index in [1.54, 1.807) is 0 Å². The summed E-state index contributed by atoms with van der Waals surface area (Å²) in [5, 5.41) is 3.25. The summed E-state index contributed by atoms with van der Waals surface area (Å²) in [6.45, 7) is 6.55. The highest BCUT2D eigenvalue weighted by atomic mass is 35.5. The van der Waals surface area contributed by atoms with Gasteiger partial charge in [-0.2, -0.15) is 0 Å². The lowest BCUT2D eigenvalue weighted by Crippen LogP contribution is -2.42. The average Bonchev–Trinajstić information content (AvgIpc) is 2.79. The summed E-state index contributed by atoms with van der Waals surface area (Å²) in [6.07, 6.45) is 2.99. The number of carbonyl (C=O) groups excluding carboxylic acids is 1. The molecule has 1 N–H and O–H groups in total. The number of morpholine rings is 1. The van der Waals surface area contributed by atoms with E-state index in [2.05, 4.69) is 12.2 Å². The zero-order chi connectivity index (χ0) is 11.4. The number of halogens is 1. The third kappa shape index (κ3) is 4.12. The predicted octanol–water partition coefficient (Wildman–Crippen LogP) is 1.05. The molecular formula is C12H23ClN2O2. The molecule has 2 fully saturated rings. The Morgan fingerprint density at radius 3 is 2.94 bits per heavy atom. The van der Waals surface area contributed by atoms with Gasteiger partial charge < -0.3 is 15.0 Å². The fraction of sp³-hybridized carbons (Fsp3) is 0.917. The van der Waals surface area contributed by atoms with E-state index >= 15 is 0 Å². The predicted molar refractivity (Wildman–Crippen MR) is 69.5 cm³/mol. The van der Waals surface area contributed by atoms with Crippen LogP contribution >= 0.6 is 12.4 Å². The SMILES string of the molecule is CCC1CCN(C(=O)CC2CNCCO2)C1.Cl. The summed E-state index contributed by atoms with van der Waals surface area (Å²) in [5.74, 6) is 0.985. The highest BCUT2D eigenvalue weighted by Gasteiger charge is 2.27. The third-order valence-electron chi connectivity index (χ3n) is 3.62. The molecule has 2 atom stereocenters. The molecule has 100 valence electrons. The Morgan fingerprint density at radius 1 is 1.53 bits per heavy atom. The van der Waals surface area contributed by atoms with Crippen molar-refractivity contribution in [2.24, 2.45) is 5.92 Å². The molecule has 2 aliphatic heterocycles. The van der Waals surface area contributed by atoms with Gasteiger partial charge in [-0.15, -0.1) is 12.4 Å². The zero-order valence-electron chi connectivity index (χ0n) is 10.5. The zero-order valence-corrected chi connectivity index (χ0v) is 11.3. The number of nitrogens with zero attached hydrogens (tertiary/aromatic N) is 1. The van der Waals surface area contributed by atoms with Crippen molar-refractivity contribution in [2.45, 2.75) is 32.3 Å². The van der Waals surface area contributed by atoms with Gasteiger partial charge in [0.1, 0.15) is 0 Å². The fourth-order valence-corrected chi connectivity index (χ4v) is 2.47. The van der Waals surface area contributed by atoms with Crippen molar-refractivity contribution >= 4 is 18.3 Å². The molecule has 5 heteroatoms. The summed E-state index contributed by atoms with van der Waals surface area (Å²) < 4.78 is 5.55. The Bertz CT molecular complexity index is 245. The molecule has 2 rings (SSSR count). The number of rotatable bonds is 3. The van der Waals surface area contributed by atoms with Crippen molar-refractivity contribution in [3.8, 4) is 0 Å². The van der Waals surface area contributed by atoms with Crippen LogP contribution in [0.5, 0.6) is 0 Å². The van der Waals surface area contributed by atoms with Crippen molar-refractivity contribution in [3.63, 3.8) is 0 Å². The number of carbonyl (C=O) groups is 1. The highest BCUT2D eigenvalue weighted by molar-refractivity contribution is 5.85. The van der Waals surface area contributed by atoms with Crippen LogP contribution in [0.25, 0.3) is 0 Å². The number of hydrogen-bond acceptors (Lipinski definition) is 3. The van der Waals surface area contributed by atoms with Crippen LogP contribution in [0.1, 0.15) is 26.2 Å². The van der Waals surface area contributed by atoms with Gasteiger partial charge in [0.15, 0.2) is 0 Å². The van der Waals surface area contributed by atoms with Gasteiger partial charge in [0.05, 0.1) is 19.1 Å². The minimum absolute atomic E-state index is 0. The van der Waals surface area contributed by atoms with Gasteiger partial charge in [-0.05, 0) is 12.3 Å². The number of likely N-dealkylation sites (tertiary alicyclic amines) is 1. The van der Waals surface area contributed by atoms with Gasteiger partial charge in [0.25, 0.3) is 0 Å². The van der Waals surface area contributed by atoms with Crippen molar-refractivity contribution in [3.05, 3.63) is 0 Å². The molecule has 0 spiro atoms. The molecule has 0 aromatic rings. The standard InChI is InChI=1S/C12H22N2O2.ClH/c1-2-10-3-5-14(9-10)12(15)7-11-8-13-4-6-16-11;/h10-11,13H,2-9H2,1H3;1H. The van der Waals surface area contributed by atoms with Crippen molar-refractivity contribution in [1.29, 1.82) is 0 Å². The van der Waals surface area contributed by atoms with E-state index in [1.807, 2.05) is 4.90 Å². The van der Waals surface area contributed by atoms with Gasteiger partial charge in [0.2, 0.25) is 5.91 Å². The Morgan fingerprint density at radius 2 is 2.35 bits per heavy atom. The minimum atomic E-state index is 0. The number of ether oxygens (including phenoxy) is 1. The van der Waals surface area contributed by atoms with Crippen LogP contribution in [0.4, 0.5) is 0 Å². The second-order valence-electron chi connectivity index (χ2n) is 4.80. The quantitative estimate of drug-likeness (QED) is 0.827. The molecule has 0 bridgehead atoms. The molecule has 2 aliphatic rings. The van der Waals surface area contributed by atoms with Crippen LogP contribution in [0, 0.1) is 5.92 Å². The van der Waals surface area contributed by atoms with Crippen molar-refractivity contribution < 1.29 is 9.53 Å². The molecule has 1 amide bonds. The van der Waals surface area contributed by atoms with Gasteiger partial charge >= 0.3 is 0 Å². The van der Waals surface area contributed by atoms with Gasteiger partial charge in [0, 0.05) is 26.2 Å². The first-order chi connectivity index (χ1) is 7.79. The van der Waals surface area contributed by atoms with Crippen LogP contribution in [0.3, 0.4) is 0 Å². The molecular weight excluding hydrogens is 240 g/mol. The second-order valence-corrected chi connectivity index (χ2v) is 4.80. The largest absolute Gasteiger partial charge is 0.375 e.